The molecule has 1 heterocycles. The van der Waals surface area contributed by atoms with Crippen LogP contribution in [0.1, 0.15) is 37.2 Å². The SMILES string of the molecule is CC[C@H](C)N(CC(=O)N(CCc1ccccc1)Cc1ccco1)C(=O)Cc1ccc(F)cc1. The summed E-state index contributed by atoms with van der Waals surface area (Å²) in [5, 5.41) is 0. The van der Waals surface area contributed by atoms with Gasteiger partial charge >= 0.3 is 0 Å². The van der Waals surface area contributed by atoms with Crippen molar-refractivity contribution in [1.29, 1.82) is 0 Å². The Bertz CT molecular complexity index is 1000. The predicted octanol–water partition coefficient (Wildman–Crippen LogP) is 4.86. The van der Waals surface area contributed by atoms with E-state index >= 15 is 0 Å². The van der Waals surface area contributed by atoms with Crippen molar-refractivity contribution in [1.82, 2.24) is 9.80 Å². The molecule has 0 unspecified atom stereocenters. The summed E-state index contributed by atoms with van der Waals surface area (Å²) in [6.07, 6.45) is 3.15. The second-order valence-electron chi connectivity index (χ2n) is 8.21. The van der Waals surface area contributed by atoms with Gasteiger partial charge in [-0.15, -0.1) is 0 Å². The second kappa shape index (κ2) is 12.0. The first-order valence-electron chi connectivity index (χ1n) is 11.3. The zero-order chi connectivity index (χ0) is 23.6. The first-order chi connectivity index (χ1) is 16.0. The molecule has 6 heteroatoms. The van der Waals surface area contributed by atoms with Gasteiger partial charge in [0.25, 0.3) is 0 Å². The number of amides is 2. The fourth-order valence-corrected chi connectivity index (χ4v) is 3.63. The van der Waals surface area contributed by atoms with Crippen molar-refractivity contribution in [2.75, 3.05) is 13.1 Å². The Morgan fingerprint density at radius 2 is 1.67 bits per heavy atom. The molecule has 33 heavy (non-hydrogen) atoms. The molecule has 1 atom stereocenters. The van der Waals surface area contributed by atoms with Crippen LogP contribution >= 0.6 is 0 Å². The van der Waals surface area contributed by atoms with E-state index in [-0.39, 0.29) is 36.6 Å². The van der Waals surface area contributed by atoms with E-state index in [0.717, 1.165) is 17.5 Å². The highest BCUT2D eigenvalue weighted by molar-refractivity contribution is 5.86. The molecule has 0 spiro atoms. The van der Waals surface area contributed by atoms with Gasteiger partial charge in [0.2, 0.25) is 11.8 Å². The van der Waals surface area contributed by atoms with Gasteiger partial charge in [-0.3, -0.25) is 9.59 Å². The molecule has 0 saturated carbocycles. The molecular weight excluding hydrogens is 419 g/mol. The molecule has 1 aromatic heterocycles. The zero-order valence-electron chi connectivity index (χ0n) is 19.2. The summed E-state index contributed by atoms with van der Waals surface area (Å²) >= 11 is 0. The standard InChI is InChI=1S/C27H31FN2O3/c1-3-21(2)30(26(31)18-23-11-13-24(28)14-12-23)20-27(32)29(19-25-10-7-17-33-25)16-15-22-8-5-4-6-9-22/h4-14,17,21H,3,15-16,18-20H2,1-2H3/t21-/m0/s1. The molecule has 5 nitrogen and oxygen atoms in total. The van der Waals surface area contributed by atoms with Gasteiger partial charge in [0.15, 0.2) is 0 Å². The number of rotatable bonds is 11. The van der Waals surface area contributed by atoms with Crippen molar-refractivity contribution >= 4 is 11.8 Å². The van der Waals surface area contributed by atoms with Crippen LogP contribution in [-0.2, 0) is 29.0 Å². The molecule has 0 N–H and O–H groups in total. The summed E-state index contributed by atoms with van der Waals surface area (Å²) in [5.74, 6) is 0.0803. The van der Waals surface area contributed by atoms with Crippen molar-refractivity contribution in [3.8, 4) is 0 Å². The van der Waals surface area contributed by atoms with Crippen LogP contribution in [0.25, 0.3) is 0 Å². The van der Waals surface area contributed by atoms with E-state index < -0.39 is 0 Å². The van der Waals surface area contributed by atoms with Gasteiger partial charge in [0, 0.05) is 12.6 Å². The highest BCUT2D eigenvalue weighted by atomic mass is 19.1. The third-order valence-electron chi connectivity index (χ3n) is 5.81. The van der Waals surface area contributed by atoms with Crippen LogP contribution in [0.2, 0.25) is 0 Å². The zero-order valence-corrected chi connectivity index (χ0v) is 19.2. The number of furan rings is 1. The Kier molecular flexibility index (Phi) is 8.81. The molecule has 3 aromatic rings. The molecule has 0 fully saturated rings. The van der Waals surface area contributed by atoms with Gasteiger partial charge in [-0.2, -0.15) is 0 Å². The minimum Gasteiger partial charge on any atom is -0.467 e. The van der Waals surface area contributed by atoms with E-state index in [1.54, 1.807) is 34.3 Å². The van der Waals surface area contributed by atoms with Gasteiger partial charge < -0.3 is 14.2 Å². The molecule has 3 rings (SSSR count). The van der Waals surface area contributed by atoms with Crippen molar-refractivity contribution in [2.45, 2.75) is 45.7 Å². The first-order valence-corrected chi connectivity index (χ1v) is 11.3. The van der Waals surface area contributed by atoms with Crippen LogP contribution in [0.5, 0.6) is 0 Å². The molecule has 0 aliphatic rings. The quantitative estimate of drug-likeness (QED) is 0.419. The van der Waals surface area contributed by atoms with Crippen molar-refractivity contribution < 1.29 is 18.4 Å². The average Bonchev–Trinajstić information content (AvgIpc) is 3.35. The summed E-state index contributed by atoms with van der Waals surface area (Å²) in [7, 11) is 0. The molecule has 2 amide bonds. The Morgan fingerprint density at radius 3 is 2.30 bits per heavy atom. The van der Waals surface area contributed by atoms with Crippen LogP contribution in [0.4, 0.5) is 4.39 Å². The summed E-state index contributed by atoms with van der Waals surface area (Å²) in [5.41, 5.74) is 1.86. The number of halogens is 1. The fourth-order valence-electron chi connectivity index (χ4n) is 3.63. The third kappa shape index (κ3) is 7.31. The van der Waals surface area contributed by atoms with Crippen LogP contribution in [0, 0.1) is 5.82 Å². The van der Waals surface area contributed by atoms with E-state index in [2.05, 4.69) is 0 Å². The largest absolute Gasteiger partial charge is 0.467 e. The van der Waals surface area contributed by atoms with Crippen LogP contribution in [-0.4, -0.2) is 40.7 Å². The molecule has 0 radical (unpaired) electrons. The minimum absolute atomic E-state index is 0.00939. The molecule has 0 saturated heterocycles. The highest BCUT2D eigenvalue weighted by Crippen LogP contribution is 2.13. The Balaban J connectivity index is 1.72. The topological polar surface area (TPSA) is 53.8 Å². The van der Waals surface area contributed by atoms with Gasteiger partial charge in [-0.05, 0) is 55.2 Å². The molecule has 2 aromatic carbocycles. The van der Waals surface area contributed by atoms with E-state index in [9.17, 15) is 14.0 Å². The Labute approximate surface area is 194 Å². The first kappa shape index (κ1) is 24.2. The lowest BCUT2D eigenvalue weighted by atomic mass is 10.1. The lowest BCUT2D eigenvalue weighted by Gasteiger charge is -2.31. The lowest BCUT2D eigenvalue weighted by molar-refractivity contribution is -0.142. The predicted molar refractivity (Wildman–Crippen MR) is 126 cm³/mol. The fraction of sp³-hybridized carbons (Fsp3) is 0.333. The molecule has 174 valence electrons. The molecule has 0 aliphatic carbocycles. The van der Waals surface area contributed by atoms with Crippen molar-refractivity contribution in [3.63, 3.8) is 0 Å². The maximum atomic E-state index is 13.4. The number of carbonyl (C=O) groups is 2. The maximum absolute atomic E-state index is 13.4. The number of nitrogens with zero attached hydrogens (tertiary/aromatic N) is 2. The van der Waals surface area contributed by atoms with Crippen LogP contribution in [0.15, 0.2) is 77.4 Å². The molecular formula is C27H31FN2O3. The summed E-state index contributed by atoms with van der Waals surface area (Å²) < 4.78 is 18.7. The van der Waals surface area contributed by atoms with Gasteiger partial charge in [0.05, 0.1) is 19.2 Å². The maximum Gasteiger partial charge on any atom is 0.242 e. The van der Waals surface area contributed by atoms with Crippen LogP contribution in [0.3, 0.4) is 0 Å². The van der Waals surface area contributed by atoms with E-state index in [0.29, 0.717) is 25.3 Å². The normalized spacial score (nSPS) is 11.7. The Morgan fingerprint density at radius 1 is 0.939 bits per heavy atom. The Hall–Kier alpha value is -3.41. The van der Waals surface area contributed by atoms with Gasteiger partial charge in [-0.25, -0.2) is 4.39 Å². The van der Waals surface area contributed by atoms with E-state index in [1.807, 2.05) is 50.2 Å². The monoisotopic (exact) mass is 450 g/mol. The third-order valence-corrected chi connectivity index (χ3v) is 5.81. The second-order valence-corrected chi connectivity index (χ2v) is 8.21. The summed E-state index contributed by atoms with van der Waals surface area (Å²) in [6, 6.07) is 19.4. The molecule has 0 bridgehead atoms. The number of hydrogen-bond donors (Lipinski definition) is 0. The van der Waals surface area contributed by atoms with Crippen LogP contribution < -0.4 is 0 Å². The number of benzene rings is 2. The van der Waals surface area contributed by atoms with Crippen molar-refractivity contribution in [2.24, 2.45) is 0 Å². The number of hydrogen-bond acceptors (Lipinski definition) is 3. The van der Waals surface area contributed by atoms with E-state index in [4.69, 9.17) is 4.42 Å². The molecule has 0 aliphatic heterocycles. The lowest BCUT2D eigenvalue weighted by Crippen LogP contribution is -2.47. The summed E-state index contributed by atoms with van der Waals surface area (Å²) in [6.45, 7) is 4.79. The van der Waals surface area contributed by atoms with Crippen molar-refractivity contribution in [3.05, 3.63) is 95.7 Å². The van der Waals surface area contributed by atoms with Gasteiger partial charge in [0.1, 0.15) is 18.1 Å². The minimum atomic E-state index is -0.341. The summed E-state index contributed by atoms with van der Waals surface area (Å²) in [4.78, 5) is 29.8. The smallest absolute Gasteiger partial charge is 0.242 e. The average molecular weight is 451 g/mol. The van der Waals surface area contributed by atoms with Gasteiger partial charge in [-0.1, -0.05) is 49.4 Å². The highest BCUT2D eigenvalue weighted by Gasteiger charge is 2.25. The van der Waals surface area contributed by atoms with E-state index in [1.165, 1.54) is 12.1 Å². The number of carbonyl (C=O) groups excluding carboxylic acids is 2.